The maximum atomic E-state index is 13.0. The molecule has 3 rings (SSSR count). The largest absolute Gasteiger partial charge is 0.480 e. The minimum Gasteiger partial charge on any atom is -0.480 e. The van der Waals surface area contributed by atoms with E-state index in [1.165, 1.54) is 4.90 Å². The van der Waals surface area contributed by atoms with Gasteiger partial charge in [-0.25, -0.2) is 0 Å². The van der Waals surface area contributed by atoms with Gasteiger partial charge in [0.2, 0.25) is 11.8 Å². The summed E-state index contributed by atoms with van der Waals surface area (Å²) in [6.45, 7) is 2.91. The van der Waals surface area contributed by atoms with Crippen LogP contribution >= 0.6 is 0 Å². The highest BCUT2D eigenvalue weighted by Crippen LogP contribution is 2.32. The van der Waals surface area contributed by atoms with E-state index in [2.05, 4.69) is 0 Å². The molecule has 27 heavy (non-hydrogen) atoms. The molecule has 2 saturated heterocycles. The van der Waals surface area contributed by atoms with E-state index in [0.29, 0.717) is 26.1 Å². The molecule has 7 nitrogen and oxygen atoms in total. The van der Waals surface area contributed by atoms with Crippen molar-refractivity contribution >= 4 is 17.8 Å². The van der Waals surface area contributed by atoms with Crippen LogP contribution in [-0.4, -0.2) is 71.1 Å². The fourth-order valence-electron chi connectivity index (χ4n) is 3.94. The van der Waals surface area contributed by atoms with Crippen LogP contribution in [0.2, 0.25) is 0 Å². The number of ether oxygens (including phenoxy) is 1. The normalized spacial score (nSPS) is 24.6. The van der Waals surface area contributed by atoms with E-state index in [1.807, 2.05) is 42.2 Å². The molecule has 0 radical (unpaired) electrons. The molecule has 0 bridgehead atoms. The average molecular weight is 374 g/mol. The number of rotatable bonds is 4. The second kappa shape index (κ2) is 8.08. The Balaban J connectivity index is 1.69. The third kappa shape index (κ3) is 4.47. The van der Waals surface area contributed by atoms with Crippen LogP contribution in [0.25, 0.3) is 0 Å². The number of benzene rings is 1. The first kappa shape index (κ1) is 19.4. The van der Waals surface area contributed by atoms with Crippen molar-refractivity contribution in [3.05, 3.63) is 35.9 Å². The standard InChI is InChI=1S/C20H26N2O5/c1-15(16-6-3-2-4-7-16)19(26)22-10-5-8-20(14-22)9-11-21(12-18(24)25)17(23)13-27-20/h2-4,6-7,15H,5,8-14H2,1H3,(H,24,25)/t15-,20?/m1/s1. The number of nitrogens with zero attached hydrogens (tertiary/aromatic N) is 2. The smallest absolute Gasteiger partial charge is 0.323 e. The molecule has 0 aliphatic carbocycles. The molecular weight excluding hydrogens is 348 g/mol. The molecule has 2 aliphatic heterocycles. The first-order valence-corrected chi connectivity index (χ1v) is 9.37. The monoisotopic (exact) mass is 374 g/mol. The van der Waals surface area contributed by atoms with Crippen molar-refractivity contribution in [1.29, 1.82) is 0 Å². The lowest BCUT2D eigenvalue weighted by atomic mass is 9.88. The number of carbonyl (C=O) groups is 3. The summed E-state index contributed by atoms with van der Waals surface area (Å²) >= 11 is 0. The Morgan fingerprint density at radius 2 is 1.96 bits per heavy atom. The van der Waals surface area contributed by atoms with Crippen molar-refractivity contribution < 1.29 is 24.2 Å². The van der Waals surface area contributed by atoms with Gasteiger partial charge in [-0.1, -0.05) is 30.3 Å². The van der Waals surface area contributed by atoms with E-state index < -0.39 is 11.6 Å². The molecule has 2 amide bonds. The topological polar surface area (TPSA) is 87.2 Å². The van der Waals surface area contributed by atoms with E-state index in [4.69, 9.17) is 9.84 Å². The predicted octanol–water partition coefficient (Wildman–Crippen LogP) is 1.48. The van der Waals surface area contributed by atoms with Crippen LogP contribution in [0, 0.1) is 0 Å². The van der Waals surface area contributed by atoms with Gasteiger partial charge in [0, 0.05) is 19.6 Å². The Morgan fingerprint density at radius 1 is 1.22 bits per heavy atom. The second-order valence-electron chi connectivity index (χ2n) is 7.43. The maximum Gasteiger partial charge on any atom is 0.323 e. The molecule has 1 aromatic rings. The van der Waals surface area contributed by atoms with Crippen LogP contribution in [-0.2, 0) is 19.1 Å². The van der Waals surface area contributed by atoms with Crippen LogP contribution in [0.15, 0.2) is 30.3 Å². The molecular formula is C20H26N2O5. The van der Waals surface area contributed by atoms with Gasteiger partial charge in [-0.2, -0.15) is 0 Å². The van der Waals surface area contributed by atoms with Crippen LogP contribution < -0.4 is 0 Å². The first-order chi connectivity index (χ1) is 12.9. The van der Waals surface area contributed by atoms with Crippen LogP contribution in [0.3, 0.4) is 0 Å². The van der Waals surface area contributed by atoms with Gasteiger partial charge in [-0.15, -0.1) is 0 Å². The van der Waals surface area contributed by atoms with Gasteiger partial charge < -0.3 is 19.6 Å². The van der Waals surface area contributed by atoms with Crippen LogP contribution in [0.1, 0.15) is 37.7 Å². The molecule has 2 atom stereocenters. The van der Waals surface area contributed by atoms with Crippen LogP contribution in [0.5, 0.6) is 0 Å². The number of carbonyl (C=O) groups excluding carboxylic acids is 2. The van der Waals surface area contributed by atoms with Gasteiger partial charge in [-0.05, 0) is 31.7 Å². The zero-order valence-electron chi connectivity index (χ0n) is 15.6. The number of hydrogen-bond acceptors (Lipinski definition) is 4. The lowest BCUT2D eigenvalue weighted by molar-refractivity contribution is -0.150. The van der Waals surface area contributed by atoms with Crippen molar-refractivity contribution in [3.8, 4) is 0 Å². The Hall–Kier alpha value is -2.41. The van der Waals surface area contributed by atoms with Gasteiger partial charge in [0.05, 0.1) is 11.5 Å². The summed E-state index contributed by atoms with van der Waals surface area (Å²) in [5.74, 6) is -1.52. The fourth-order valence-corrected chi connectivity index (χ4v) is 3.94. The van der Waals surface area contributed by atoms with E-state index in [0.717, 1.165) is 18.4 Å². The summed E-state index contributed by atoms with van der Waals surface area (Å²) in [6.07, 6.45) is 2.11. The number of hydrogen-bond donors (Lipinski definition) is 1. The molecule has 2 fully saturated rings. The number of aliphatic carboxylic acids is 1. The molecule has 1 N–H and O–H groups in total. The number of piperidine rings is 1. The molecule has 0 aromatic heterocycles. The molecule has 146 valence electrons. The molecule has 2 aliphatic rings. The van der Waals surface area contributed by atoms with E-state index in [-0.39, 0.29) is 30.9 Å². The fraction of sp³-hybridized carbons (Fsp3) is 0.550. The third-order valence-corrected chi connectivity index (χ3v) is 5.54. The van der Waals surface area contributed by atoms with Gasteiger partial charge >= 0.3 is 5.97 Å². The summed E-state index contributed by atoms with van der Waals surface area (Å²) < 4.78 is 5.94. The third-order valence-electron chi connectivity index (χ3n) is 5.54. The molecule has 0 saturated carbocycles. The zero-order valence-corrected chi connectivity index (χ0v) is 15.6. The van der Waals surface area contributed by atoms with Gasteiger partial charge in [-0.3, -0.25) is 14.4 Å². The minimum atomic E-state index is -1.03. The molecule has 1 spiro atoms. The highest BCUT2D eigenvalue weighted by Gasteiger charge is 2.42. The Kier molecular flexibility index (Phi) is 5.79. The number of carboxylic acids is 1. The van der Waals surface area contributed by atoms with E-state index in [1.54, 1.807) is 0 Å². The zero-order chi connectivity index (χ0) is 19.4. The maximum absolute atomic E-state index is 13.0. The lowest BCUT2D eigenvalue weighted by Crippen LogP contribution is -2.53. The SMILES string of the molecule is C[C@@H](C(=O)N1CCCC2(CCN(CC(=O)O)C(=O)CO2)C1)c1ccccc1. The van der Waals surface area contributed by atoms with Crippen molar-refractivity contribution in [2.24, 2.45) is 0 Å². The molecule has 1 aromatic carbocycles. The van der Waals surface area contributed by atoms with Crippen molar-refractivity contribution in [2.45, 2.75) is 37.7 Å². The average Bonchev–Trinajstić information content (AvgIpc) is 2.82. The van der Waals surface area contributed by atoms with Crippen LogP contribution in [0.4, 0.5) is 0 Å². The summed E-state index contributed by atoms with van der Waals surface area (Å²) in [5.41, 5.74) is 0.402. The highest BCUT2D eigenvalue weighted by molar-refractivity contribution is 5.84. The Morgan fingerprint density at radius 3 is 2.67 bits per heavy atom. The van der Waals surface area contributed by atoms with E-state index in [9.17, 15) is 14.4 Å². The minimum absolute atomic E-state index is 0.0573. The summed E-state index contributed by atoms with van der Waals surface area (Å²) in [7, 11) is 0. The van der Waals surface area contributed by atoms with E-state index >= 15 is 0 Å². The summed E-state index contributed by atoms with van der Waals surface area (Å²) in [6, 6.07) is 9.68. The van der Waals surface area contributed by atoms with Crippen molar-refractivity contribution in [2.75, 3.05) is 32.8 Å². The molecule has 1 unspecified atom stereocenters. The van der Waals surface area contributed by atoms with Crippen molar-refractivity contribution in [1.82, 2.24) is 9.80 Å². The number of likely N-dealkylation sites (tertiary alicyclic amines) is 1. The number of carboxylic acid groups (broad SMARTS) is 1. The Bertz CT molecular complexity index is 708. The predicted molar refractivity (Wildman–Crippen MR) is 98.2 cm³/mol. The van der Waals surface area contributed by atoms with Gasteiger partial charge in [0.25, 0.3) is 0 Å². The number of amides is 2. The highest BCUT2D eigenvalue weighted by atomic mass is 16.5. The molecule has 7 heteroatoms. The summed E-state index contributed by atoms with van der Waals surface area (Å²) in [5, 5.41) is 8.97. The quantitative estimate of drug-likeness (QED) is 0.863. The second-order valence-corrected chi connectivity index (χ2v) is 7.43. The lowest BCUT2D eigenvalue weighted by Gasteiger charge is -2.42. The molecule has 2 heterocycles. The van der Waals surface area contributed by atoms with Gasteiger partial charge in [0.1, 0.15) is 13.2 Å². The van der Waals surface area contributed by atoms with Crippen molar-refractivity contribution in [3.63, 3.8) is 0 Å². The summed E-state index contributed by atoms with van der Waals surface area (Å²) in [4.78, 5) is 39.3. The van der Waals surface area contributed by atoms with Gasteiger partial charge in [0.15, 0.2) is 0 Å². The first-order valence-electron chi connectivity index (χ1n) is 9.37. The Labute approximate surface area is 158 Å².